The standard InChI is InChI=1S/C17H26N2O2/c1-5-11-18-14-10-12-19(16(20)21-17(2,3)4)15-9-7-6-8-13(14)15/h6-9,14,18H,5,10-12H2,1-4H3. The van der Waals surface area contributed by atoms with Crippen LogP contribution in [-0.4, -0.2) is 24.8 Å². The fraction of sp³-hybridized carbons (Fsp3) is 0.588. The molecule has 116 valence electrons. The zero-order valence-corrected chi connectivity index (χ0v) is 13.5. The minimum Gasteiger partial charge on any atom is -0.443 e. The van der Waals surface area contributed by atoms with Gasteiger partial charge >= 0.3 is 6.09 Å². The molecule has 1 N–H and O–H groups in total. The summed E-state index contributed by atoms with van der Waals surface area (Å²) in [4.78, 5) is 14.1. The molecule has 0 aliphatic carbocycles. The number of anilines is 1. The van der Waals surface area contributed by atoms with Crippen LogP contribution >= 0.6 is 0 Å². The molecule has 0 saturated carbocycles. The lowest BCUT2D eigenvalue weighted by Gasteiger charge is -2.35. The predicted octanol–water partition coefficient (Wildman–Crippen LogP) is 3.87. The largest absolute Gasteiger partial charge is 0.443 e. The van der Waals surface area contributed by atoms with Crippen molar-refractivity contribution in [3.63, 3.8) is 0 Å². The fourth-order valence-electron chi connectivity index (χ4n) is 2.60. The molecule has 1 aliphatic rings. The second kappa shape index (κ2) is 6.48. The van der Waals surface area contributed by atoms with Gasteiger partial charge in [0.2, 0.25) is 0 Å². The smallest absolute Gasteiger partial charge is 0.414 e. The van der Waals surface area contributed by atoms with Crippen molar-refractivity contribution in [3.8, 4) is 0 Å². The molecule has 4 nitrogen and oxygen atoms in total. The van der Waals surface area contributed by atoms with E-state index >= 15 is 0 Å². The van der Waals surface area contributed by atoms with E-state index in [4.69, 9.17) is 4.74 Å². The SMILES string of the molecule is CCCNC1CCN(C(=O)OC(C)(C)C)c2ccccc21. The van der Waals surface area contributed by atoms with Crippen LogP contribution in [0.2, 0.25) is 0 Å². The average Bonchev–Trinajstić information content (AvgIpc) is 2.42. The molecule has 2 rings (SSSR count). The van der Waals surface area contributed by atoms with Crippen LogP contribution in [0.5, 0.6) is 0 Å². The van der Waals surface area contributed by atoms with E-state index in [0.29, 0.717) is 12.6 Å². The summed E-state index contributed by atoms with van der Waals surface area (Å²) in [5.74, 6) is 0. The average molecular weight is 290 g/mol. The lowest BCUT2D eigenvalue weighted by Crippen LogP contribution is -2.42. The van der Waals surface area contributed by atoms with E-state index in [-0.39, 0.29) is 6.09 Å². The second-order valence-corrected chi connectivity index (χ2v) is 6.49. The molecule has 0 fully saturated rings. The maximum absolute atomic E-state index is 12.4. The predicted molar refractivity (Wildman–Crippen MR) is 85.7 cm³/mol. The van der Waals surface area contributed by atoms with Crippen molar-refractivity contribution in [3.05, 3.63) is 29.8 Å². The first-order valence-corrected chi connectivity index (χ1v) is 7.75. The monoisotopic (exact) mass is 290 g/mol. The van der Waals surface area contributed by atoms with Crippen molar-refractivity contribution in [2.75, 3.05) is 18.0 Å². The van der Waals surface area contributed by atoms with Crippen molar-refractivity contribution in [1.29, 1.82) is 0 Å². The van der Waals surface area contributed by atoms with Crippen LogP contribution in [0.4, 0.5) is 10.5 Å². The van der Waals surface area contributed by atoms with Gasteiger partial charge in [0.1, 0.15) is 5.60 Å². The summed E-state index contributed by atoms with van der Waals surface area (Å²) in [5, 5.41) is 3.56. The Hall–Kier alpha value is -1.55. The highest BCUT2D eigenvalue weighted by molar-refractivity contribution is 5.89. The van der Waals surface area contributed by atoms with Gasteiger partial charge in [-0.1, -0.05) is 25.1 Å². The van der Waals surface area contributed by atoms with E-state index in [9.17, 15) is 4.79 Å². The van der Waals surface area contributed by atoms with Gasteiger partial charge in [-0.25, -0.2) is 4.79 Å². The maximum Gasteiger partial charge on any atom is 0.414 e. The molecular formula is C17H26N2O2. The third-order valence-electron chi connectivity index (χ3n) is 3.50. The van der Waals surface area contributed by atoms with E-state index in [0.717, 1.165) is 25.1 Å². The molecule has 21 heavy (non-hydrogen) atoms. The molecule has 1 aromatic rings. The third-order valence-corrected chi connectivity index (χ3v) is 3.50. The minimum atomic E-state index is -0.469. The lowest BCUT2D eigenvalue weighted by molar-refractivity contribution is 0.0576. The van der Waals surface area contributed by atoms with Crippen LogP contribution in [0.15, 0.2) is 24.3 Å². The number of benzene rings is 1. The number of nitrogens with one attached hydrogen (secondary N) is 1. The van der Waals surface area contributed by atoms with Gasteiger partial charge in [0, 0.05) is 12.6 Å². The Morgan fingerprint density at radius 2 is 2.10 bits per heavy atom. The molecule has 1 atom stereocenters. The van der Waals surface area contributed by atoms with Gasteiger partial charge < -0.3 is 10.1 Å². The van der Waals surface area contributed by atoms with Gasteiger partial charge in [0.15, 0.2) is 0 Å². The number of ether oxygens (including phenoxy) is 1. The first-order chi connectivity index (χ1) is 9.92. The number of nitrogens with zero attached hydrogens (tertiary/aromatic N) is 1. The van der Waals surface area contributed by atoms with Crippen molar-refractivity contribution in [1.82, 2.24) is 5.32 Å². The minimum absolute atomic E-state index is 0.260. The normalized spacial score (nSPS) is 18.3. The topological polar surface area (TPSA) is 41.6 Å². The van der Waals surface area contributed by atoms with Crippen LogP contribution < -0.4 is 10.2 Å². The number of carbonyl (C=O) groups excluding carboxylic acids is 1. The summed E-state index contributed by atoms with van der Waals surface area (Å²) < 4.78 is 5.52. The molecule has 0 saturated heterocycles. The van der Waals surface area contributed by atoms with Crippen molar-refractivity contribution in [2.24, 2.45) is 0 Å². The molecule has 1 amide bonds. The molecule has 4 heteroatoms. The van der Waals surface area contributed by atoms with E-state index < -0.39 is 5.60 Å². The van der Waals surface area contributed by atoms with Gasteiger partial charge in [-0.2, -0.15) is 0 Å². The Kier molecular flexibility index (Phi) is 4.88. The Morgan fingerprint density at radius 1 is 1.38 bits per heavy atom. The highest BCUT2D eigenvalue weighted by atomic mass is 16.6. The van der Waals surface area contributed by atoms with Crippen LogP contribution in [0, 0.1) is 0 Å². The first kappa shape index (κ1) is 15.8. The molecule has 1 heterocycles. The molecule has 1 aromatic carbocycles. The van der Waals surface area contributed by atoms with Gasteiger partial charge in [-0.15, -0.1) is 0 Å². The number of fused-ring (bicyclic) bond motifs is 1. The number of para-hydroxylation sites is 1. The zero-order chi connectivity index (χ0) is 15.5. The van der Waals surface area contributed by atoms with E-state index in [2.05, 4.69) is 18.3 Å². The number of hydrogen-bond acceptors (Lipinski definition) is 3. The molecule has 0 radical (unpaired) electrons. The summed E-state index contributed by atoms with van der Waals surface area (Å²) in [6, 6.07) is 8.41. The molecule has 0 bridgehead atoms. The summed E-state index contributed by atoms with van der Waals surface area (Å²) >= 11 is 0. The van der Waals surface area contributed by atoms with Crippen LogP contribution in [0.25, 0.3) is 0 Å². The molecule has 0 aromatic heterocycles. The van der Waals surface area contributed by atoms with Gasteiger partial charge in [-0.05, 0) is 51.8 Å². The van der Waals surface area contributed by atoms with Crippen LogP contribution in [0.1, 0.15) is 52.1 Å². The molecule has 0 spiro atoms. The summed E-state index contributed by atoms with van der Waals surface area (Å²) in [7, 11) is 0. The van der Waals surface area contributed by atoms with Crippen LogP contribution in [-0.2, 0) is 4.74 Å². The molecular weight excluding hydrogens is 264 g/mol. The second-order valence-electron chi connectivity index (χ2n) is 6.49. The fourth-order valence-corrected chi connectivity index (χ4v) is 2.60. The first-order valence-electron chi connectivity index (χ1n) is 7.75. The number of rotatable bonds is 3. The van der Waals surface area contributed by atoms with E-state index in [1.165, 1.54) is 5.56 Å². The van der Waals surface area contributed by atoms with Crippen molar-refractivity contribution >= 4 is 11.8 Å². The summed E-state index contributed by atoms with van der Waals surface area (Å²) in [5.41, 5.74) is 1.68. The quantitative estimate of drug-likeness (QED) is 0.918. The number of hydrogen-bond donors (Lipinski definition) is 1. The number of carbonyl (C=O) groups is 1. The Balaban J connectivity index is 2.21. The van der Waals surface area contributed by atoms with Crippen molar-refractivity contribution in [2.45, 2.75) is 52.2 Å². The molecule has 1 aliphatic heterocycles. The zero-order valence-electron chi connectivity index (χ0n) is 13.5. The summed E-state index contributed by atoms with van der Waals surface area (Å²) in [6.07, 6.45) is 1.76. The summed E-state index contributed by atoms with van der Waals surface area (Å²) in [6.45, 7) is 9.53. The third kappa shape index (κ3) is 3.97. The molecule has 1 unspecified atom stereocenters. The van der Waals surface area contributed by atoms with Gasteiger partial charge in [0.25, 0.3) is 0 Å². The van der Waals surface area contributed by atoms with E-state index in [1.54, 1.807) is 4.90 Å². The highest BCUT2D eigenvalue weighted by Gasteiger charge is 2.30. The number of amides is 1. The lowest BCUT2D eigenvalue weighted by atomic mass is 9.96. The Labute approximate surface area is 127 Å². The highest BCUT2D eigenvalue weighted by Crippen LogP contribution is 2.34. The van der Waals surface area contributed by atoms with Gasteiger partial charge in [0.05, 0.1) is 5.69 Å². The van der Waals surface area contributed by atoms with Gasteiger partial charge in [-0.3, -0.25) is 4.90 Å². The Bertz CT molecular complexity index is 494. The van der Waals surface area contributed by atoms with Crippen molar-refractivity contribution < 1.29 is 9.53 Å². The Morgan fingerprint density at radius 3 is 2.76 bits per heavy atom. The van der Waals surface area contributed by atoms with Crippen LogP contribution in [0.3, 0.4) is 0 Å². The maximum atomic E-state index is 12.4. The van der Waals surface area contributed by atoms with E-state index in [1.807, 2.05) is 39.0 Å².